The van der Waals surface area contributed by atoms with E-state index in [4.69, 9.17) is 4.42 Å². The number of carbonyl (C=O) groups excluding carboxylic acids is 1. The molecule has 3 aromatic rings. The number of nitro benzene ring substituents is 1. The summed E-state index contributed by atoms with van der Waals surface area (Å²) in [6.45, 7) is 1.61. The Balaban J connectivity index is 1.68. The molecule has 0 aliphatic heterocycles. The lowest BCUT2D eigenvalue weighted by atomic mass is 10.1. The molecule has 0 saturated heterocycles. The summed E-state index contributed by atoms with van der Waals surface area (Å²) in [6, 6.07) is 9.91. The van der Waals surface area contributed by atoms with Crippen molar-refractivity contribution in [3.63, 3.8) is 0 Å². The van der Waals surface area contributed by atoms with E-state index in [2.05, 4.69) is 10.2 Å². The Morgan fingerprint density at radius 3 is 2.65 bits per heavy atom. The molecule has 0 atom stereocenters. The Kier molecular flexibility index (Phi) is 5.08. The van der Waals surface area contributed by atoms with Gasteiger partial charge in [0.1, 0.15) is 5.82 Å². The van der Waals surface area contributed by atoms with Crippen molar-refractivity contribution >= 4 is 23.2 Å². The number of benzene rings is 2. The summed E-state index contributed by atoms with van der Waals surface area (Å²) < 4.78 is 18.4. The molecule has 0 unspecified atom stereocenters. The molecule has 26 heavy (non-hydrogen) atoms. The van der Waals surface area contributed by atoms with Gasteiger partial charge in [-0.05, 0) is 31.2 Å². The number of nitrogens with zero attached hydrogens (tertiary/aromatic N) is 3. The highest BCUT2D eigenvalue weighted by atomic mass is 32.2. The number of ketones is 1. The van der Waals surface area contributed by atoms with Crippen LogP contribution in [0.4, 0.5) is 10.1 Å². The molecule has 0 fully saturated rings. The Hall–Kier alpha value is -3.07. The standard InChI is InChI=1S/C17H12FN3O4S/c1-10-2-3-12(8-14(10)21(23)24)15(22)9-26-17-20-19-16(25-17)11-4-6-13(18)7-5-11/h2-8H,9H2,1H3. The lowest BCUT2D eigenvalue weighted by molar-refractivity contribution is -0.385. The van der Waals surface area contributed by atoms with Gasteiger partial charge in [-0.3, -0.25) is 14.9 Å². The zero-order valence-electron chi connectivity index (χ0n) is 13.5. The number of carbonyl (C=O) groups is 1. The van der Waals surface area contributed by atoms with Crippen LogP contribution in [0, 0.1) is 22.9 Å². The van der Waals surface area contributed by atoms with E-state index in [1.165, 1.54) is 36.4 Å². The molecule has 2 aromatic carbocycles. The highest BCUT2D eigenvalue weighted by molar-refractivity contribution is 7.99. The van der Waals surface area contributed by atoms with Crippen LogP contribution in [0.15, 0.2) is 52.1 Å². The van der Waals surface area contributed by atoms with Gasteiger partial charge in [-0.2, -0.15) is 0 Å². The molecule has 0 radical (unpaired) electrons. The molecule has 0 amide bonds. The highest BCUT2D eigenvalue weighted by Gasteiger charge is 2.17. The number of hydrogen-bond donors (Lipinski definition) is 0. The van der Waals surface area contributed by atoms with Gasteiger partial charge in [0, 0.05) is 22.8 Å². The molecule has 0 aliphatic carbocycles. The summed E-state index contributed by atoms with van der Waals surface area (Å²) in [5.41, 5.74) is 1.19. The molecule has 9 heteroatoms. The van der Waals surface area contributed by atoms with Crippen molar-refractivity contribution in [2.24, 2.45) is 0 Å². The molecule has 0 saturated carbocycles. The van der Waals surface area contributed by atoms with Gasteiger partial charge in [0.05, 0.1) is 10.7 Å². The normalized spacial score (nSPS) is 10.7. The molecule has 1 aromatic heterocycles. The van der Waals surface area contributed by atoms with Crippen LogP contribution in [0.2, 0.25) is 0 Å². The van der Waals surface area contributed by atoms with E-state index in [-0.39, 0.29) is 39.7 Å². The molecule has 7 nitrogen and oxygen atoms in total. The number of aryl methyl sites for hydroxylation is 1. The van der Waals surface area contributed by atoms with Crippen LogP contribution in [0.25, 0.3) is 11.5 Å². The third-order valence-corrected chi connectivity index (χ3v) is 4.37. The first kappa shape index (κ1) is 17.7. The predicted molar refractivity (Wildman–Crippen MR) is 92.6 cm³/mol. The van der Waals surface area contributed by atoms with Gasteiger partial charge in [-0.15, -0.1) is 10.2 Å². The summed E-state index contributed by atoms with van der Waals surface area (Å²) in [6.07, 6.45) is 0. The van der Waals surface area contributed by atoms with Gasteiger partial charge in [-0.1, -0.05) is 23.9 Å². The molecular formula is C17H12FN3O4S. The number of nitro groups is 1. The second kappa shape index (κ2) is 7.44. The first-order valence-corrected chi connectivity index (χ1v) is 8.43. The predicted octanol–water partition coefficient (Wildman–Crippen LogP) is 4.07. The Morgan fingerprint density at radius 1 is 1.23 bits per heavy atom. The van der Waals surface area contributed by atoms with Crippen molar-refractivity contribution in [1.29, 1.82) is 0 Å². The maximum absolute atomic E-state index is 12.9. The van der Waals surface area contributed by atoms with Crippen molar-refractivity contribution in [3.8, 4) is 11.5 Å². The smallest absolute Gasteiger partial charge is 0.277 e. The second-order valence-electron chi connectivity index (χ2n) is 5.35. The monoisotopic (exact) mass is 373 g/mol. The Labute approximate surface area is 151 Å². The van der Waals surface area contributed by atoms with Crippen LogP contribution in [0.5, 0.6) is 0 Å². The molecule has 132 valence electrons. The molecule has 1 heterocycles. The minimum atomic E-state index is -0.522. The van der Waals surface area contributed by atoms with Gasteiger partial charge in [0.25, 0.3) is 10.9 Å². The first-order chi connectivity index (χ1) is 12.4. The van der Waals surface area contributed by atoms with Crippen LogP contribution in [0.3, 0.4) is 0 Å². The lowest BCUT2D eigenvalue weighted by Crippen LogP contribution is -2.04. The molecule has 3 rings (SSSR count). The van der Waals surface area contributed by atoms with Gasteiger partial charge >= 0.3 is 0 Å². The van der Waals surface area contributed by atoms with E-state index >= 15 is 0 Å². The number of thioether (sulfide) groups is 1. The van der Waals surface area contributed by atoms with E-state index < -0.39 is 4.92 Å². The van der Waals surface area contributed by atoms with Crippen LogP contribution in [-0.2, 0) is 0 Å². The Morgan fingerprint density at radius 2 is 1.96 bits per heavy atom. The summed E-state index contributed by atoms with van der Waals surface area (Å²) in [4.78, 5) is 22.7. The summed E-state index contributed by atoms with van der Waals surface area (Å²) in [5.74, 6) is -0.461. The van der Waals surface area contributed by atoms with E-state index in [1.54, 1.807) is 13.0 Å². The fourth-order valence-corrected chi connectivity index (χ4v) is 2.83. The average molecular weight is 373 g/mol. The summed E-state index contributed by atoms with van der Waals surface area (Å²) in [7, 11) is 0. The van der Waals surface area contributed by atoms with Gasteiger partial charge in [0.2, 0.25) is 5.89 Å². The van der Waals surface area contributed by atoms with E-state index in [1.807, 2.05) is 0 Å². The van der Waals surface area contributed by atoms with Crippen molar-refractivity contribution in [2.45, 2.75) is 12.1 Å². The van der Waals surface area contributed by atoms with Crippen LogP contribution in [0.1, 0.15) is 15.9 Å². The zero-order valence-corrected chi connectivity index (χ0v) is 14.3. The molecule has 0 spiro atoms. The van der Waals surface area contributed by atoms with E-state index in [0.717, 1.165) is 11.8 Å². The molecular weight excluding hydrogens is 361 g/mol. The minimum Gasteiger partial charge on any atom is -0.411 e. The van der Waals surface area contributed by atoms with Crippen LogP contribution in [-0.4, -0.2) is 26.7 Å². The second-order valence-corrected chi connectivity index (χ2v) is 6.28. The summed E-state index contributed by atoms with van der Waals surface area (Å²) >= 11 is 1.03. The fourth-order valence-electron chi connectivity index (χ4n) is 2.17. The van der Waals surface area contributed by atoms with Crippen LogP contribution < -0.4 is 0 Å². The highest BCUT2D eigenvalue weighted by Crippen LogP contribution is 2.25. The van der Waals surface area contributed by atoms with E-state index in [9.17, 15) is 19.3 Å². The van der Waals surface area contributed by atoms with Crippen molar-refractivity contribution < 1.29 is 18.5 Å². The maximum atomic E-state index is 12.9. The van der Waals surface area contributed by atoms with Crippen molar-refractivity contribution in [1.82, 2.24) is 10.2 Å². The third kappa shape index (κ3) is 3.94. The SMILES string of the molecule is Cc1ccc(C(=O)CSc2nnc(-c3ccc(F)cc3)o2)cc1[N+](=O)[O-]. The van der Waals surface area contributed by atoms with Crippen molar-refractivity contribution in [2.75, 3.05) is 5.75 Å². The minimum absolute atomic E-state index is 0.00866. The number of hydrogen-bond acceptors (Lipinski definition) is 7. The zero-order chi connectivity index (χ0) is 18.7. The van der Waals surface area contributed by atoms with E-state index in [0.29, 0.717) is 11.1 Å². The number of halogens is 1. The number of aromatic nitrogens is 2. The molecule has 0 bridgehead atoms. The fraction of sp³-hybridized carbons (Fsp3) is 0.118. The number of rotatable bonds is 6. The topological polar surface area (TPSA) is 99.1 Å². The van der Waals surface area contributed by atoms with Gasteiger partial charge in [0.15, 0.2) is 5.78 Å². The van der Waals surface area contributed by atoms with Gasteiger partial charge < -0.3 is 4.42 Å². The molecule has 0 aliphatic rings. The van der Waals surface area contributed by atoms with Crippen LogP contribution >= 0.6 is 11.8 Å². The lowest BCUT2D eigenvalue weighted by Gasteiger charge is -2.01. The average Bonchev–Trinajstić information content (AvgIpc) is 3.09. The number of Topliss-reactive ketones (excluding diaryl/α,β-unsaturated/α-hetero) is 1. The van der Waals surface area contributed by atoms with Gasteiger partial charge in [-0.25, -0.2) is 4.39 Å². The molecule has 0 N–H and O–H groups in total. The van der Waals surface area contributed by atoms with Crippen molar-refractivity contribution in [3.05, 3.63) is 69.5 Å². The quantitative estimate of drug-likeness (QED) is 0.278. The summed E-state index contributed by atoms with van der Waals surface area (Å²) in [5, 5.41) is 18.8. The Bertz CT molecular complexity index is 972. The largest absolute Gasteiger partial charge is 0.411 e. The first-order valence-electron chi connectivity index (χ1n) is 7.44. The third-order valence-electron chi connectivity index (χ3n) is 3.55. The maximum Gasteiger partial charge on any atom is 0.277 e.